The molecule has 0 unspecified atom stereocenters. The first-order valence-electron chi connectivity index (χ1n) is 11.3. The summed E-state index contributed by atoms with van der Waals surface area (Å²) in [4.78, 5) is 14.2. The van der Waals surface area contributed by atoms with Crippen LogP contribution in [0, 0.1) is 5.82 Å². The zero-order chi connectivity index (χ0) is 21.7. The number of piperazine rings is 1. The van der Waals surface area contributed by atoms with Crippen molar-refractivity contribution in [2.75, 3.05) is 51.2 Å². The van der Waals surface area contributed by atoms with E-state index in [4.69, 9.17) is 4.99 Å². The van der Waals surface area contributed by atoms with Gasteiger partial charge in [0, 0.05) is 56.4 Å². The summed E-state index contributed by atoms with van der Waals surface area (Å²) in [5, 5.41) is 6.78. The number of anilines is 1. The van der Waals surface area contributed by atoms with Gasteiger partial charge in [0.05, 0.1) is 6.54 Å². The van der Waals surface area contributed by atoms with Gasteiger partial charge in [0.1, 0.15) is 11.6 Å². The van der Waals surface area contributed by atoms with Crippen molar-refractivity contribution in [3.63, 3.8) is 0 Å². The minimum absolute atomic E-state index is 0.115. The van der Waals surface area contributed by atoms with E-state index in [1.807, 2.05) is 24.4 Å². The first kappa shape index (κ1) is 21.6. The number of likely N-dealkylation sites (N-methyl/N-ethyl adjacent to an activating group) is 1. The number of aromatic nitrogens is 1. The second kappa shape index (κ2) is 9.64. The number of halogens is 1. The predicted octanol–water partition coefficient (Wildman–Crippen LogP) is 2.76. The lowest BCUT2D eigenvalue weighted by atomic mass is 9.95. The zero-order valence-electron chi connectivity index (χ0n) is 18.6. The molecule has 1 saturated carbocycles. The molecule has 0 spiro atoms. The predicted molar refractivity (Wildman–Crippen MR) is 124 cm³/mol. The van der Waals surface area contributed by atoms with E-state index in [9.17, 15) is 4.39 Å². The fourth-order valence-electron chi connectivity index (χ4n) is 4.20. The SMILES string of the molecule is CCNC(=NCc1cccnc1N1CCN(C)CC1)NCC1(c2ccccc2F)CC1. The maximum atomic E-state index is 14.3. The van der Waals surface area contributed by atoms with Gasteiger partial charge in [0.25, 0.3) is 0 Å². The van der Waals surface area contributed by atoms with Gasteiger partial charge in [-0.2, -0.15) is 0 Å². The lowest BCUT2D eigenvalue weighted by molar-refractivity contribution is 0.312. The van der Waals surface area contributed by atoms with E-state index in [0.717, 1.165) is 68.5 Å². The topological polar surface area (TPSA) is 55.8 Å². The first-order chi connectivity index (χ1) is 15.1. The molecule has 2 fully saturated rings. The van der Waals surface area contributed by atoms with Crippen LogP contribution in [0.3, 0.4) is 0 Å². The number of nitrogens with zero attached hydrogens (tertiary/aromatic N) is 4. The van der Waals surface area contributed by atoms with Crippen molar-refractivity contribution in [1.82, 2.24) is 20.5 Å². The summed E-state index contributed by atoms with van der Waals surface area (Å²) in [6.45, 7) is 8.11. The Bertz CT molecular complexity index is 902. The Labute approximate surface area is 184 Å². The van der Waals surface area contributed by atoms with Crippen LogP contribution in [0.2, 0.25) is 0 Å². The van der Waals surface area contributed by atoms with Gasteiger partial charge >= 0.3 is 0 Å². The van der Waals surface area contributed by atoms with E-state index >= 15 is 0 Å². The molecule has 2 N–H and O–H groups in total. The third-order valence-electron chi connectivity index (χ3n) is 6.32. The van der Waals surface area contributed by atoms with Crippen LogP contribution >= 0.6 is 0 Å². The number of benzene rings is 1. The minimum atomic E-state index is -0.124. The van der Waals surface area contributed by atoms with E-state index in [-0.39, 0.29) is 11.2 Å². The highest BCUT2D eigenvalue weighted by Crippen LogP contribution is 2.48. The number of guanidine groups is 1. The van der Waals surface area contributed by atoms with Crippen LogP contribution in [0.25, 0.3) is 0 Å². The van der Waals surface area contributed by atoms with Crippen LogP contribution in [-0.4, -0.2) is 62.2 Å². The third kappa shape index (κ3) is 5.15. The number of aliphatic imine (C=N–C) groups is 1. The summed E-state index contributed by atoms with van der Waals surface area (Å²) in [5.41, 5.74) is 1.81. The van der Waals surface area contributed by atoms with Crippen LogP contribution in [0.5, 0.6) is 0 Å². The first-order valence-corrected chi connectivity index (χ1v) is 11.3. The molecule has 1 aromatic heterocycles. The van der Waals surface area contributed by atoms with Crippen LogP contribution in [0.1, 0.15) is 30.9 Å². The molecule has 1 saturated heterocycles. The molecular weight excluding hydrogens is 391 g/mol. The van der Waals surface area contributed by atoms with Crippen molar-refractivity contribution in [1.29, 1.82) is 0 Å². The number of pyridine rings is 1. The average molecular weight is 425 g/mol. The van der Waals surface area contributed by atoms with Gasteiger partial charge in [-0.1, -0.05) is 24.3 Å². The second-order valence-corrected chi connectivity index (χ2v) is 8.59. The Morgan fingerprint density at radius 2 is 1.87 bits per heavy atom. The Balaban J connectivity index is 1.44. The molecule has 0 bridgehead atoms. The van der Waals surface area contributed by atoms with Crippen LogP contribution in [-0.2, 0) is 12.0 Å². The van der Waals surface area contributed by atoms with Crippen molar-refractivity contribution in [3.8, 4) is 0 Å². The molecular formula is C24H33FN6. The number of nitrogens with one attached hydrogen (secondary N) is 2. The summed E-state index contributed by atoms with van der Waals surface area (Å²) in [6, 6.07) is 11.2. The molecule has 2 aromatic rings. The highest BCUT2D eigenvalue weighted by atomic mass is 19.1. The number of hydrogen-bond acceptors (Lipinski definition) is 4. The van der Waals surface area contributed by atoms with E-state index in [0.29, 0.717) is 13.1 Å². The standard InChI is InChI=1S/C24H33FN6/c1-3-26-23(29-18-24(10-11-24)20-8-4-5-9-21(20)25)28-17-19-7-6-12-27-22(19)31-15-13-30(2)14-16-31/h4-9,12H,3,10-11,13-18H2,1-2H3,(H2,26,28,29). The van der Waals surface area contributed by atoms with E-state index in [1.54, 1.807) is 12.1 Å². The Morgan fingerprint density at radius 3 is 2.58 bits per heavy atom. The van der Waals surface area contributed by atoms with Crippen LogP contribution in [0.4, 0.5) is 10.2 Å². The largest absolute Gasteiger partial charge is 0.357 e. The van der Waals surface area contributed by atoms with Crippen molar-refractivity contribution in [2.45, 2.75) is 31.7 Å². The summed E-state index contributed by atoms with van der Waals surface area (Å²) < 4.78 is 14.3. The van der Waals surface area contributed by atoms with Crippen LogP contribution in [0.15, 0.2) is 47.6 Å². The molecule has 1 aromatic carbocycles. The lowest BCUT2D eigenvalue weighted by Crippen LogP contribution is -2.45. The molecule has 166 valence electrons. The molecule has 4 rings (SSSR count). The van der Waals surface area contributed by atoms with Crippen molar-refractivity contribution < 1.29 is 4.39 Å². The molecule has 7 heteroatoms. The van der Waals surface area contributed by atoms with E-state index < -0.39 is 0 Å². The average Bonchev–Trinajstić information content (AvgIpc) is 3.58. The summed E-state index contributed by atoms with van der Waals surface area (Å²) >= 11 is 0. The fourth-order valence-corrected chi connectivity index (χ4v) is 4.20. The van der Waals surface area contributed by atoms with E-state index in [2.05, 4.69) is 45.5 Å². The van der Waals surface area contributed by atoms with E-state index in [1.165, 1.54) is 0 Å². The quantitative estimate of drug-likeness (QED) is 0.529. The minimum Gasteiger partial charge on any atom is -0.357 e. The number of rotatable bonds is 7. The lowest BCUT2D eigenvalue weighted by Gasteiger charge is -2.34. The maximum Gasteiger partial charge on any atom is 0.191 e. The highest BCUT2D eigenvalue weighted by Gasteiger charge is 2.45. The molecule has 0 amide bonds. The zero-order valence-corrected chi connectivity index (χ0v) is 18.6. The van der Waals surface area contributed by atoms with Gasteiger partial charge in [0.2, 0.25) is 0 Å². The van der Waals surface area contributed by atoms with Crippen molar-refractivity contribution >= 4 is 11.8 Å². The Kier molecular flexibility index (Phi) is 6.70. The van der Waals surface area contributed by atoms with Gasteiger partial charge in [0.15, 0.2) is 5.96 Å². The maximum absolute atomic E-state index is 14.3. The van der Waals surface area contributed by atoms with Gasteiger partial charge in [-0.05, 0) is 44.5 Å². The summed E-state index contributed by atoms with van der Waals surface area (Å²) in [6.07, 6.45) is 3.85. The molecule has 0 radical (unpaired) electrons. The molecule has 2 heterocycles. The van der Waals surface area contributed by atoms with Gasteiger partial charge in [-0.25, -0.2) is 14.4 Å². The fraction of sp³-hybridized carbons (Fsp3) is 0.500. The smallest absolute Gasteiger partial charge is 0.191 e. The third-order valence-corrected chi connectivity index (χ3v) is 6.32. The summed E-state index contributed by atoms with van der Waals surface area (Å²) in [7, 11) is 2.16. The molecule has 31 heavy (non-hydrogen) atoms. The number of hydrogen-bond donors (Lipinski definition) is 2. The molecule has 6 nitrogen and oxygen atoms in total. The Morgan fingerprint density at radius 1 is 1.10 bits per heavy atom. The second-order valence-electron chi connectivity index (χ2n) is 8.59. The highest BCUT2D eigenvalue weighted by molar-refractivity contribution is 5.80. The van der Waals surface area contributed by atoms with Crippen LogP contribution < -0.4 is 15.5 Å². The van der Waals surface area contributed by atoms with Crippen molar-refractivity contribution in [3.05, 3.63) is 59.5 Å². The van der Waals surface area contributed by atoms with Gasteiger partial charge in [-0.3, -0.25) is 0 Å². The van der Waals surface area contributed by atoms with Crippen molar-refractivity contribution in [2.24, 2.45) is 4.99 Å². The molecule has 2 aliphatic rings. The summed E-state index contributed by atoms with van der Waals surface area (Å²) in [5.74, 6) is 1.68. The van der Waals surface area contributed by atoms with Gasteiger partial charge in [-0.15, -0.1) is 0 Å². The normalized spacial score (nSPS) is 18.7. The van der Waals surface area contributed by atoms with Gasteiger partial charge < -0.3 is 20.4 Å². The Hall–Kier alpha value is -2.67. The molecule has 1 aliphatic heterocycles. The molecule has 0 atom stereocenters. The monoisotopic (exact) mass is 424 g/mol. The molecule has 1 aliphatic carbocycles.